The van der Waals surface area contributed by atoms with E-state index >= 15 is 0 Å². The zero-order valence-corrected chi connectivity index (χ0v) is 25.2. The number of carbonyl (C=O) groups is 5. The molecule has 0 spiro atoms. The van der Waals surface area contributed by atoms with Gasteiger partial charge in [-0.15, -0.1) is 0 Å². The van der Waals surface area contributed by atoms with Crippen LogP contribution in [0.25, 0.3) is 0 Å². The van der Waals surface area contributed by atoms with E-state index in [0.29, 0.717) is 17.7 Å². The summed E-state index contributed by atoms with van der Waals surface area (Å²) in [7, 11) is 0. The molecule has 0 saturated carbocycles. The number of aliphatic imine (C=N–C) groups is 1. The fourth-order valence-corrected chi connectivity index (χ4v) is 4.10. The van der Waals surface area contributed by atoms with E-state index in [2.05, 4.69) is 15.6 Å². The maximum atomic E-state index is 13.4. The number of nitrogens with two attached hydrogens (primary N) is 2. The Bertz CT molecular complexity index is 1170. The number of hydrogen-bond acceptors (Lipinski definition) is 8. The van der Waals surface area contributed by atoms with Crippen LogP contribution >= 0.6 is 0 Å². The number of carbonyl (C=O) groups excluding carboxylic acids is 5. The molecule has 1 aliphatic heterocycles. The zero-order chi connectivity index (χ0) is 31.7. The van der Waals surface area contributed by atoms with Crippen LogP contribution in [-0.4, -0.2) is 95.5 Å². The fraction of sp³-hybridized carbons (Fsp3) is 0.571. The van der Waals surface area contributed by atoms with E-state index in [4.69, 9.17) is 20.9 Å². The minimum atomic E-state index is -0.898. The molecule has 1 aromatic rings. The molecule has 42 heavy (non-hydrogen) atoms. The lowest BCUT2D eigenvalue weighted by atomic mass is 10.0. The molecule has 1 unspecified atom stereocenters. The molecule has 14 heteroatoms. The summed E-state index contributed by atoms with van der Waals surface area (Å²) >= 11 is 0. The number of esters is 1. The van der Waals surface area contributed by atoms with Crippen LogP contribution in [0.15, 0.2) is 29.3 Å². The normalized spacial score (nSPS) is 15.5. The Kier molecular flexibility index (Phi) is 11.7. The predicted octanol–water partition coefficient (Wildman–Crippen LogP) is 1.01. The summed E-state index contributed by atoms with van der Waals surface area (Å²) in [6.07, 6.45) is -0.0226. The van der Waals surface area contributed by atoms with Crippen LogP contribution < -0.4 is 22.1 Å². The predicted molar refractivity (Wildman–Crippen MR) is 156 cm³/mol. The molecular weight excluding hydrogens is 546 g/mol. The Balaban J connectivity index is 2.06. The average molecular weight is 590 g/mol. The van der Waals surface area contributed by atoms with Crippen LogP contribution in [0.3, 0.4) is 0 Å². The number of amides is 4. The van der Waals surface area contributed by atoms with Crippen molar-refractivity contribution >= 4 is 41.4 Å². The summed E-state index contributed by atoms with van der Waals surface area (Å²) in [6, 6.07) is 5.24. The van der Waals surface area contributed by atoms with Crippen molar-refractivity contribution in [2.24, 2.45) is 16.5 Å². The summed E-state index contributed by atoms with van der Waals surface area (Å²) in [4.78, 5) is 70.3. The highest BCUT2D eigenvalue weighted by Crippen LogP contribution is 2.18. The van der Waals surface area contributed by atoms with Gasteiger partial charge in [-0.1, -0.05) is 0 Å². The van der Waals surface area contributed by atoms with Crippen molar-refractivity contribution in [3.8, 4) is 0 Å². The molecule has 1 saturated heterocycles. The van der Waals surface area contributed by atoms with Crippen molar-refractivity contribution in [3.05, 3.63) is 29.8 Å². The quantitative estimate of drug-likeness (QED) is 0.133. The number of nitrogens with zero attached hydrogens (tertiary/aromatic N) is 3. The second kappa shape index (κ2) is 14.5. The van der Waals surface area contributed by atoms with Crippen LogP contribution in [-0.2, 0) is 23.9 Å². The number of rotatable bonds is 10. The smallest absolute Gasteiger partial charge is 0.407 e. The van der Waals surface area contributed by atoms with Gasteiger partial charge in [0.1, 0.15) is 23.8 Å². The van der Waals surface area contributed by atoms with Gasteiger partial charge in [0.2, 0.25) is 11.8 Å². The highest BCUT2D eigenvalue weighted by Gasteiger charge is 2.38. The van der Waals surface area contributed by atoms with Gasteiger partial charge in [0.15, 0.2) is 5.96 Å². The molecule has 14 nitrogen and oxygen atoms in total. The summed E-state index contributed by atoms with van der Waals surface area (Å²) in [5, 5.41) is 5.21. The first kappa shape index (κ1) is 33.8. The summed E-state index contributed by atoms with van der Waals surface area (Å²) < 4.78 is 10.6. The van der Waals surface area contributed by atoms with Gasteiger partial charge in [0, 0.05) is 25.2 Å². The maximum Gasteiger partial charge on any atom is 0.407 e. The number of hydrogen-bond donors (Lipinski definition) is 4. The second-order valence-corrected chi connectivity index (χ2v) is 11.8. The highest BCUT2D eigenvalue weighted by atomic mass is 16.6. The first-order valence-corrected chi connectivity index (χ1v) is 13.7. The van der Waals surface area contributed by atoms with Gasteiger partial charge in [0.05, 0.1) is 12.2 Å². The lowest BCUT2D eigenvalue weighted by Crippen LogP contribution is -2.61. The molecule has 232 valence electrons. The van der Waals surface area contributed by atoms with Gasteiger partial charge in [0.25, 0.3) is 5.91 Å². The largest absolute Gasteiger partial charge is 0.459 e. The summed E-state index contributed by atoms with van der Waals surface area (Å²) in [5.41, 5.74) is 10.1. The fourth-order valence-electron chi connectivity index (χ4n) is 4.10. The van der Waals surface area contributed by atoms with E-state index in [9.17, 15) is 24.0 Å². The van der Waals surface area contributed by atoms with Gasteiger partial charge in [-0.2, -0.15) is 0 Å². The number of guanidine groups is 1. The van der Waals surface area contributed by atoms with E-state index in [1.165, 1.54) is 21.9 Å². The van der Waals surface area contributed by atoms with Crippen LogP contribution in [0.4, 0.5) is 10.5 Å². The van der Waals surface area contributed by atoms with Gasteiger partial charge in [-0.05, 0) is 78.6 Å². The van der Waals surface area contributed by atoms with Crippen LogP contribution in [0.5, 0.6) is 0 Å². The molecule has 4 amide bonds. The molecule has 1 aromatic carbocycles. The van der Waals surface area contributed by atoms with Crippen LogP contribution in [0, 0.1) is 0 Å². The van der Waals surface area contributed by atoms with Crippen LogP contribution in [0.2, 0.25) is 0 Å². The number of piperazine rings is 1. The third kappa shape index (κ3) is 11.6. The number of nitrogens with one attached hydrogen (secondary N) is 2. The number of ether oxygens (including phenoxy) is 2. The average Bonchev–Trinajstić information content (AvgIpc) is 2.84. The molecule has 1 aliphatic rings. The molecule has 0 radical (unpaired) electrons. The second-order valence-electron chi connectivity index (χ2n) is 11.8. The maximum absolute atomic E-state index is 13.4. The van der Waals surface area contributed by atoms with Crippen molar-refractivity contribution < 1.29 is 33.4 Å². The van der Waals surface area contributed by atoms with E-state index in [-0.39, 0.29) is 45.1 Å². The summed E-state index contributed by atoms with van der Waals surface area (Å²) in [6.45, 7) is 10.3. The molecule has 0 aliphatic carbocycles. The molecule has 1 atom stereocenters. The van der Waals surface area contributed by atoms with Gasteiger partial charge in [-0.3, -0.25) is 19.2 Å². The lowest BCUT2D eigenvalue weighted by Gasteiger charge is -2.40. The molecular formula is C28H43N7O7. The van der Waals surface area contributed by atoms with Gasteiger partial charge >= 0.3 is 12.1 Å². The monoisotopic (exact) mass is 589 g/mol. The molecule has 1 heterocycles. The highest BCUT2D eigenvalue weighted by molar-refractivity contribution is 5.98. The molecule has 1 fully saturated rings. The Morgan fingerprint density at radius 3 is 2.14 bits per heavy atom. The molecule has 0 bridgehead atoms. The zero-order valence-electron chi connectivity index (χ0n) is 25.2. The number of alkyl carbamates (subject to hydrolysis) is 1. The van der Waals surface area contributed by atoms with Crippen molar-refractivity contribution in [3.63, 3.8) is 0 Å². The van der Waals surface area contributed by atoms with E-state index in [1.807, 2.05) is 0 Å². The third-order valence-corrected chi connectivity index (χ3v) is 5.75. The minimum absolute atomic E-state index is 0.117. The SMILES string of the molecule is CC(C)(C)OC(=O)CN1CCN(C(=O)CNC(=O)c2ccc(N=C(N)N)cc2)C(CCCNC(=O)OC(C)(C)C)C1=O. The first-order chi connectivity index (χ1) is 19.4. The van der Waals surface area contributed by atoms with E-state index in [0.717, 1.165) is 0 Å². The molecule has 0 aromatic heterocycles. The molecule has 2 rings (SSSR count). The standard InChI is InChI=1S/C28H43N7O7/c1-27(2,3)41-22(37)17-34-14-15-35(20(24(34)39)8-7-13-31-26(40)42-28(4,5)6)21(36)16-32-23(38)18-9-11-19(12-10-18)33-25(29)30/h9-12,20H,7-8,13-17H2,1-6H3,(H,31,40)(H,32,38)(H4,29,30,33). The van der Waals surface area contributed by atoms with Crippen molar-refractivity contribution in [2.75, 3.05) is 32.7 Å². The van der Waals surface area contributed by atoms with Crippen molar-refractivity contribution in [2.45, 2.75) is 71.6 Å². The van der Waals surface area contributed by atoms with Crippen molar-refractivity contribution in [1.29, 1.82) is 0 Å². The topological polar surface area (TPSA) is 199 Å². The van der Waals surface area contributed by atoms with Gasteiger partial charge < -0.3 is 41.4 Å². The Morgan fingerprint density at radius 2 is 1.57 bits per heavy atom. The van der Waals surface area contributed by atoms with Gasteiger partial charge in [-0.25, -0.2) is 9.79 Å². The Morgan fingerprint density at radius 1 is 0.952 bits per heavy atom. The Hall–Kier alpha value is -4.36. The first-order valence-electron chi connectivity index (χ1n) is 13.7. The van der Waals surface area contributed by atoms with E-state index in [1.54, 1.807) is 53.7 Å². The third-order valence-electron chi connectivity index (χ3n) is 5.75. The molecule has 6 N–H and O–H groups in total. The lowest BCUT2D eigenvalue weighted by molar-refractivity contribution is -0.163. The minimum Gasteiger partial charge on any atom is -0.459 e. The number of benzene rings is 1. The summed E-state index contributed by atoms with van der Waals surface area (Å²) in [5.74, 6) is -2.05. The van der Waals surface area contributed by atoms with E-state index < -0.39 is 47.0 Å². The van der Waals surface area contributed by atoms with Crippen LogP contribution in [0.1, 0.15) is 64.7 Å². The van der Waals surface area contributed by atoms with Crippen molar-refractivity contribution in [1.82, 2.24) is 20.4 Å². The Labute approximate surface area is 246 Å².